The molecule has 7 heteroatoms. The molecule has 18 heavy (non-hydrogen) atoms. The van der Waals surface area contributed by atoms with Crippen LogP contribution in [-0.2, 0) is 10.0 Å². The van der Waals surface area contributed by atoms with Gasteiger partial charge in [-0.3, -0.25) is 0 Å². The average Bonchev–Trinajstić information content (AvgIpc) is 2.97. The predicted molar refractivity (Wildman–Crippen MR) is 70.0 cm³/mol. The fourth-order valence-corrected chi connectivity index (χ4v) is 4.40. The molecule has 1 saturated carbocycles. The van der Waals surface area contributed by atoms with Crippen LogP contribution >= 0.6 is 11.7 Å². The van der Waals surface area contributed by atoms with Gasteiger partial charge in [0.2, 0.25) is 10.0 Å². The van der Waals surface area contributed by atoms with Gasteiger partial charge in [-0.1, -0.05) is 18.9 Å². The summed E-state index contributed by atoms with van der Waals surface area (Å²) >= 11 is 1.03. The Morgan fingerprint density at radius 2 is 2.00 bits per heavy atom. The summed E-state index contributed by atoms with van der Waals surface area (Å²) in [4.78, 5) is 0.237. The first-order valence-electron chi connectivity index (χ1n) is 5.90. The first-order chi connectivity index (χ1) is 8.67. The minimum absolute atomic E-state index is 0.0665. The third kappa shape index (κ3) is 2.13. The minimum atomic E-state index is -3.49. The molecule has 1 aliphatic carbocycles. The molecule has 3 rings (SSSR count). The second-order valence-corrected chi connectivity index (χ2v) is 6.70. The largest absolute Gasteiger partial charge is 0.243 e. The summed E-state index contributed by atoms with van der Waals surface area (Å²) in [6.45, 7) is 0. The lowest BCUT2D eigenvalue weighted by atomic mass is 10.3. The minimum Gasteiger partial charge on any atom is -0.208 e. The van der Waals surface area contributed by atoms with Crippen molar-refractivity contribution in [3.63, 3.8) is 0 Å². The molecule has 1 aromatic carbocycles. The Morgan fingerprint density at radius 1 is 1.22 bits per heavy atom. The van der Waals surface area contributed by atoms with E-state index in [0.717, 1.165) is 37.4 Å². The fourth-order valence-electron chi connectivity index (χ4n) is 2.32. The van der Waals surface area contributed by atoms with Gasteiger partial charge in [-0.15, -0.1) is 0 Å². The van der Waals surface area contributed by atoms with Crippen LogP contribution in [0.5, 0.6) is 0 Å². The Balaban J connectivity index is 1.99. The lowest BCUT2D eigenvalue weighted by molar-refractivity contribution is 0.553. The van der Waals surface area contributed by atoms with E-state index in [4.69, 9.17) is 0 Å². The first kappa shape index (κ1) is 12.0. The number of hydrogen-bond acceptors (Lipinski definition) is 5. The van der Waals surface area contributed by atoms with Gasteiger partial charge in [0.05, 0.1) is 11.7 Å². The van der Waals surface area contributed by atoms with Gasteiger partial charge < -0.3 is 0 Å². The molecule has 2 aromatic rings. The quantitative estimate of drug-likeness (QED) is 0.934. The van der Waals surface area contributed by atoms with Gasteiger partial charge in [0, 0.05) is 6.04 Å². The van der Waals surface area contributed by atoms with Crippen molar-refractivity contribution in [2.45, 2.75) is 36.6 Å². The van der Waals surface area contributed by atoms with Crippen molar-refractivity contribution in [3.8, 4) is 0 Å². The van der Waals surface area contributed by atoms with Gasteiger partial charge in [0.25, 0.3) is 0 Å². The first-order valence-corrected chi connectivity index (χ1v) is 8.12. The zero-order valence-electron chi connectivity index (χ0n) is 9.67. The lowest BCUT2D eigenvalue weighted by Gasteiger charge is -2.12. The van der Waals surface area contributed by atoms with Crippen molar-refractivity contribution in [3.05, 3.63) is 18.2 Å². The molecule has 0 bridgehead atoms. The average molecular weight is 283 g/mol. The molecule has 0 aliphatic heterocycles. The summed E-state index contributed by atoms with van der Waals surface area (Å²) in [7, 11) is -3.49. The van der Waals surface area contributed by atoms with E-state index < -0.39 is 10.0 Å². The zero-order chi connectivity index (χ0) is 12.6. The number of nitrogens with zero attached hydrogens (tertiary/aromatic N) is 2. The smallest absolute Gasteiger partial charge is 0.208 e. The van der Waals surface area contributed by atoms with Crippen LogP contribution in [0, 0.1) is 0 Å². The maximum absolute atomic E-state index is 12.3. The Labute approximate surface area is 110 Å². The highest BCUT2D eigenvalue weighted by Gasteiger charge is 2.25. The molecule has 0 atom stereocenters. The van der Waals surface area contributed by atoms with Crippen molar-refractivity contribution in [1.29, 1.82) is 0 Å². The van der Waals surface area contributed by atoms with Crippen LogP contribution in [-0.4, -0.2) is 23.2 Å². The molecule has 0 saturated heterocycles. The van der Waals surface area contributed by atoms with Crippen LogP contribution in [0.2, 0.25) is 0 Å². The van der Waals surface area contributed by atoms with Crippen LogP contribution in [0.4, 0.5) is 0 Å². The maximum atomic E-state index is 12.3. The van der Waals surface area contributed by atoms with Crippen LogP contribution < -0.4 is 4.72 Å². The molecule has 0 spiro atoms. The van der Waals surface area contributed by atoms with Crippen LogP contribution in [0.25, 0.3) is 11.0 Å². The highest BCUT2D eigenvalue weighted by Crippen LogP contribution is 2.24. The molecule has 1 N–H and O–H groups in total. The van der Waals surface area contributed by atoms with E-state index in [2.05, 4.69) is 13.5 Å². The number of benzene rings is 1. The third-order valence-electron chi connectivity index (χ3n) is 3.22. The molecule has 1 heterocycles. The summed E-state index contributed by atoms with van der Waals surface area (Å²) in [6, 6.07) is 5.12. The molecule has 0 radical (unpaired) electrons. The molecule has 1 aliphatic rings. The van der Waals surface area contributed by atoms with E-state index in [9.17, 15) is 8.42 Å². The van der Waals surface area contributed by atoms with Gasteiger partial charge >= 0.3 is 0 Å². The predicted octanol–water partition coefficient (Wildman–Crippen LogP) is 1.91. The Bertz CT molecular complexity index is 660. The standard InChI is InChI=1S/C11H13N3O2S2/c15-18(16,14-8-4-1-2-5-8)10-7-3-6-9-11(10)13-17-12-9/h3,6-8,14H,1-2,4-5H2. The van der Waals surface area contributed by atoms with Crippen molar-refractivity contribution >= 4 is 32.8 Å². The number of nitrogens with one attached hydrogen (secondary N) is 1. The molecule has 0 amide bonds. The van der Waals surface area contributed by atoms with E-state index in [1.807, 2.05) is 0 Å². The number of sulfonamides is 1. The molecule has 5 nitrogen and oxygen atoms in total. The summed E-state index contributed by atoms with van der Waals surface area (Å²) in [6.07, 6.45) is 4.03. The molecule has 1 fully saturated rings. The SMILES string of the molecule is O=S(=O)(NC1CCCC1)c1cccc2nsnc12. The van der Waals surface area contributed by atoms with Crippen molar-refractivity contribution in [2.24, 2.45) is 0 Å². The van der Waals surface area contributed by atoms with Crippen LogP contribution in [0.15, 0.2) is 23.1 Å². The summed E-state index contributed by atoms with van der Waals surface area (Å²) in [5.74, 6) is 0. The topological polar surface area (TPSA) is 72.0 Å². The van der Waals surface area contributed by atoms with Gasteiger partial charge in [0.1, 0.15) is 15.9 Å². The summed E-state index contributed by atoms with van der Waals surface area (Å²) in [5, 5.41) is 0. The number of rotatable bonds is 3. The number of fused-ring (bicyclic) bond motifs is 1. The molecular weight excluding hydrogens is 270 g/mol. The summed E-state index contributed by atoms with van der Waals surface area (Å²) in [5.41, 5.74) is 1.10. The second kappa shape index (κ2) is 4.56. The van der Waals surface area contributed by atoms with E-state index in [-0.39, 0.29) is 10.9 Å². The van der Waals surface area contributed by atoms with E-state index in [1.165, 1.54) is 0 Å². The zero-order valence-corrected chi connectivity index (χ0v) is 11.3. The normalized spacial score (nSPS) is 17.6. The fraction of sp³-hybridized carbons (Fsp3) is 0.455. The van der Waals surface area contributed by atoms with Crippen LogP contribution in [0.1, 0.15) is 25.7 Å². The van der Waals surface area contributed by atoms with Crippen molar-refractivity contribution in [1.82, 2.24) is 13.5 Å². The van der Waals surface area contributed by atoms with Crippen molar-refractivity contribution in [2.75, 3.05) is 0 Å². The van der Waals surface area contributed by atoms with Gasteiger partial charge in [0.15, 0.2) is 0 Å². The molecular formula is C11H13N3O2S2. The molecule has 1 aromatic heterocycles. The van der Waals surface area contributed by atoms with E-state index in [1.54, 1.807) is 18.2 Å². The third-order valence-corrected chi connectivity index (χ3v) is 5.31. The maximum Gasteiger partial charge on any atom is 0.243 e. The monoisotopic (exact) mass is 283 g/mol. The molecule has 96 valence electrons. The van der Waals surface area contributed by atoms with Crippen molar-refractivity contribution < 1.29 is 8.42 Å². The van der Waals surface area contributed by atoms with Gasteiger partial charge in [-0.05, 0) is 25.0 Å². The Morgan fingerprint density at radius 3 is 2.78 bits per heavy atom. The number of hydrogen-bond donors (Lipinski definition) is 1. The van der Waals surface area contributed by atoms with Gasteiger partial charge in [-0.2, -0.15) is 8.75 Å². The highest BCUT2D eigenvalue weighted by atomic mass is 32.2. The van der Waals surface area contributed by atoms with Gasteiger partial charge in [-0.25, -0.2) is 13.1 Å². The van der Waals surface area contributed by atoms with E-state index >= 15 is 0 Å². The second-order valence-electron chi connectivity index (χ2n) is 4.49. The number of aromatic nitrogens is 2. The Hall–Kier alpha value is -1.05. The van der Waals surface area contributed by atoms with Crippen LogP contribution in [0.3, 0.4) is 0 Å². The van der Waals surface area contributed by atoms with E-state index in [0.29, 0.717) is 11.0 Å². The highest BCUT2D eigenvalue weighted by molar-refractivity contribution is 7.89. The Kier molecular flexibility index (Phi) is 3.04. The molecule has 0 unspecified atom stereocenters. The lowest BCUT2D eigenvalue weighted by Crippen LogP contribution is -2.32. The summed E-state index contributed by atoms with van der Waals surface area (Å²) < 4.78 is 35.5.